The first kappa shape index (κ1) is 19.2. The van der Waals surface area contributed by atoms with Crippen molar-refractivity contribution in [3.8, 4) is 0 Å². The van der Waals surface area contributed by atoms with E-state index in [1.807, 2.05) is 0 Å². The van der Waals surface area contributed by atoms with Gasteiger partial charge < -0.3 is 5.32 Å². The van der Waals surface area contributed by atoms with Crippen molar-refractivity contribution >= 4 is 41.2 Å². The van der Waals surface area contributed by atoms with Gasteiger partial charge in [0.25, 0.3) is 0 Å². The highest BCUT2D eigenvalue weighted by atomic mass is 35.5. The molecule has 124 valence electrons. The summed E-state index contributed by atoms with van der Waals surface area (Å²) in [5, 5.41) is 7.52. The normalized spacial score (nSPS) is 10.5. The number of carbonyl (C=O) groups excluding carboxylic acids is 2. The quantitative estimate of drug-likeness (QED) is 0.308. The second-order valence-electron chi connectivity index (χ2n) is 4.76. The van der Waals surface area contributed by atoms with Crippen LogP contribution < -0.4 is 10.7 Å². The number of nitrogens with one attached hydrogen (secondary N) is 2. The number of hydrogen-bond acceptors (Lipinski definition) is 3. The minimum Gasteiger partial charge on any atom is -0.353 e. The second kappa shape index (κ2) is 10.8. The van der Waals surface area contributed by atoms with Crippen LogP contribution in [-0.4, -0.2) is 24.6 Å². The van der Waals surface area contributed by atoms with Crippen molar-refractivity contribution in [1.82, 2.24) is 10.7 Å². The van der Waals surface area contributed by atoms with Gasteiger partial charge in [-0.2, -0.15) is 5.10 Å². The Bertz CT molecular complexity index is 589. The largest absolute Gasteiger partial charge is 0.353 e. The summed E-state index contributed by atoms with van der Waals surface area (Å²) in [4.78, 5) is 22.9. The maximum Gasteiger partial charge on any atom is 0.240 e. The molecule has 7 heteroatoms. The molecule has 0 unspecified atom stereocenters. The monoisotopic (exact) mass is 355 g/mol. The van der Waals surface area contributed by atoms with E-state index in [-0.39, 0.29) is 11.8 Å². The topological polar surface area (TPSA) is 70.6 Å². The van der Waals surface area contributed by atoms with Crippen LogP contribution in [0, 0.1) is 0 Å². The number of benzene rings is 1. The fraction of sp³-hybridized carbons (Fsp3) is 0.312. The van der Waals surface area contributed by atoms with Crippen molar-refractivity contribution in [2.75, 3.05) is 6.54 Å². The van der Waals surface area contributed by atoms with Crippen LogP contribution >= 0.6 is 23.2 Å². The van der Waals surface area contributed by atoms with Crippen LogP contribution in [0.2, 0.25) is 10.0 Å². The summed E-state index contributed by atoms with van der Waals surface area (Å²) < 4.78 is 0. The number of halogens is 2. The van der Waals surface area contributed by atoms with E-state index in [2.05, 4.69) is 22.4 Å². The Kier molecular flexibility index (Phi) is 9.02. The molecule has 0 aliphatic carbocycles. The van der Waals surface area contributed by atoms with Crippen LogP contribution in [0.4, 0.5) is 0 Å². The Balaban J connectivity index is 2.22. The van der Waals surface area contributed by atoms with Crippen molar-refractivity contribution in [2.24, 2.45) is 5.10 Å². The number of unbranched alkanes of at least 4 members (excludes halogenated alkanes) is 1. The first-order valence-electron chi connectivity index (χ1n) is 7.17. The van der Waals surface area contributed by atoms with Crippen LogP contribution in [0.25, 0.3) is 0 Å². The van der Waals surface area contributed by atoms with Crippen LogP contribution in [0.5, 0.6) is 0 Å². The highest BCUT2D eigenvalue weighted by molar-refractivity contribution is 6.36. The highest BCUT2D eigenvalue weighted by Crippen LogP contribution is 2.19. The third-order valence-corrected chi connectivity index (χ3v) is 3.42. The second-order valence-corrected chi connectivity index (χ2v) is 5.60. The van der Waals surface area contributed by atoms with Crippen molar-refractivity contribution in [1.29, 1.82) is 0 Å². The van der Waals surface area contributed by atoms with E-state index in [0.717, 1.165) is 0 Å². The molecular formula is C16H19Cl2N3O2. The van der Waals surface area contributed by atoms with E-state index >= 15 is 0 Å². The molecule has 1 aromatic carbocycles. The van der Waals surface area contributed by atoms with Gasteiger partial charge in [0.1, 0.15) is 0 Å². The summed E-state index contributed by atoms with van der Waals surface area (Å²) in [5.74, 6) is -0.251. The maximum atomic E-state index is 11.6. The van der Waals surface area contributed by atoms with Gasteiger partial charge in [0.05, 0.1) is 11.2 Å². The van der Waals surface area contributed by atoms with Gasteiger partial charge in [-0.25, -0.2) is 5.43 Å². The van der Waals surface area contributed by atoms with Gasteiger partial charge in [0.2, 0.25) is 11.8 Å². The molecule has 23 heavy (non-hydrogen) atoms. The molecule has 1 rings (SSSR count). The van der Waals surface area contributed by atoms with Crippen molar-refractivity contribution in [3.63, 3.8) is 0 Å². The molecule has 1 aromatic rings. The summed E-state index contributed by atoms with van der Waals surface area (Å²) in [6, 6.07) is 5.00. The number of carbonyl (C=O) groups is 2. The Morgan fingerprint density at radius 1 is 1.17 bits per heavy atom. The van der Waals surface area contributed by atoms with Crippen molar-refractivity contribution in [3.05, 3.63) is 46.5 Å². The molecule has 0 aromatic heterocycles. The fourth-order valence-corrected chi connectivity index (χ4v) is 2.14. The Morgan fingerprint density at radius 3 is 2.52 bits per heavy atom. The zero-order valence-corrected chi connectivity index (χ0v) is 14.2. The number of hydrogen-bond donors (Lipinski definition) is 2. The predicted molar refractivity (Wildman–Crippen MR) is 93.9 cm³/mol. The molecule has 0 fully saturated rings. The summed E-state index contributed by atoms with van der Waals surface area (Å²) in [6.45, 7) is 3.98. The molecule has 0 aliphatic heterocycles. The van der Waals surface area contributed by atoms with Crippen LogP contribution in [0.15, 0.2) is 36.0 Å². The zero-order chi connectivity index (χ0) is 17.1. The minimum absolute atomic E-state index is 0.0410. The molecule has 0 radical (unpaired) electrons. The lowest BCUT2D eigenvalue weighted by atomic mass is 10.2. The lowest BCUT2D eigenvalue weighted by Crippen LogP contribution is -2.23. The molecule has 0 bridgehead atoms. The fourth-order valence-electron chi connectivity index (χ4n) is 1.68. The molecule has 0 atom stereocenters. The molecule has 0 saturated heterocycles. The zero-order valence-electron chi connectivity index (χ0n) is 12.6. The molecule has 0 aliphatic rings. The molecule has 0 saturated carbocycles. The van der Waals surface area contributed by atoms with Crippen molar-refractivity contribution in [2.45, 2.75) is 25.7 Å². The van der Waals surface area contributed by atoms with E-state index in [1.54, 1.807) is 24.3 Å². The minimum atomic E-state index is -0.210. The van der Waals surface area contributed by atoms with E-state index < -0.39 is 0 Å². The average molecular weight is 356 g/mol. The number of hydrazone groups is 1. The number of rotatable bonds is 9. The lowest BCUT2D eigenvalue weighted by molar-refractivity contribution is -0.122. The van der Waals surface area contributed by atoms with Crippen LogP contribution in [0.3, 0.4) is 0 Å². The molecule has 0 heterocycles. The Hall–Kier alpha value is -1.85. The predicted octanol–water partition coefficient (Wildman–Crippen LogP) is 3.31. The molecule has 2 amide bonds. The maximum absolute atomic E-state index is 11.6. The van der Waals surface area contributed by atoms with E-state index in [0.29, 0.717) is 47.8 Å². The van der Waals surface area contributed by atoms with E-state index in [1.165, 1.54) is 6.21 Å². The van der Waals surface area contributed by atoms with Gasteiger partial charge in [-0.3, -0.25) is 9.59 Å². The molecule has 5 nitrogen and oxygen atoms in total. The van der Waals surface area contributed by atoms with Gasteiger partial charge >= 0.3 is 0 Å². The third-order valence-electron chi connectivity index (χ3n) is 2.86. The first-order valence-corrected chi connectivity index (χ1v) is 7.93. The SMILES string of the molecule is C=CCNC(=O)CCCCC(=O)N/N=C/c1ccc(Cl)cc1Cl. The summed E-state index contributed by atoms with van der Waals surface area (Å²) >= 11 is 11.8. The van der Waals surface area contributed by atoms with Gasteiger partial charge in [0, 0.05) is 30.0 Å². The average Bonchev–Trinajstić information content (AvgIpc) is 2.51. The van der Waals surface area contributed by atoms with Gasteiger partial charge in [-0.15, -0.1) is 6.58 Å². The smallest absolute Gasteiger partial charge is 0.240 e. The Morgan fingerprint density at radius 2 is 1.87 bits per heavy atom. The van der Waals surface area contributed by atoms with E-state index in [9.17, 15) is 9.59 Å². The number of amides is 2. The molecular weight excluding hydrogens is 337 g/mol. The molecule has 0 spiro atoms. The molecule has 2 N–H and O–H groups in total. The Labute approximate surface area is 145 Å². The standard InChI is InChI=1S/C16H19Cl2N3O2/c1-2-9-19-15(22)5-3-4-6-16(23)21-20-11-12-7-8-13(17)10-14(12)18/h2,7-8,10-11H,1,3-6,9H2,(H,19,22)(H,21,23)/b20-11+. The van der Waals surface area contributed by atoms with Gasteiger partial charge in [-0.05, 0) is 25.0 Å². The van der Waals surface area contributed by atoms with Gasteiger partial charge in [-0.1, -0.05) is 35.3 Å². The third kappa shape index (κ3) is 8.38. The summed E-state index contributed by atoms with van der Waals surface area (Å²) in [7, 11) is 0. The highest BCUT2D eigenvalue weighted by Gasteiger charge is 2.03. The summed E-state index contributed by atoms with van der Waals surface area (Å²) in [5.41, 5.74) is 3.08. The van der Waals surface area contributed by atoms with E-state index in [4.69, 9.17) is 23.2 Å². The lowest BCUT2D eigenvalue weighted by Gasteiger charge is -2.02. The van der Waals surface area contributed by atoms with Crippen LogP contribution in [-0.2, 0) is 9.59 Å². The summed E-state index contributed by atoms with van der Waals surface area (Å²) in [6.07, 6.45) is 5.04. The number of nitrogens with zero attached hydrogens (tertiary/aromatic N) is 1. The van der Waals surface area contributed by atoms with Crippen LogP contribution in [0.1, 0.15) is 31.2 Å². The van der Waals surface area contributed by atoms with Crippen molar-refractivity contribution < 1.29 is 9.59 Å². The van der Waals surface area contributed by atoms with Gasteiger partial charge in [0.15, 0.2) is 0 Å². The first-order chi connectivity index (χ1) is 11.0.